The summed E-state index contributed by atoms with van der Waals surface area (Å²) in [7, 11) is -3.36. The van der Waals surface area contributed by atoms with Crippen molar-refractivity contribution in [2.75, 3.05) is 26.2 Å². The summed E-state index contributed by atoms with van der Waals surface area (Å²) in [6, 6.07) is 6.72. The molecule has 0 N–H and O–H groups in total. The molecule has 2 saturated heterocycles. The molecule has 0 saturated carbocycles. The van der Waals surface area contributed by atoms with Crippen molar-refractivity contribution in [3.05, 3.63) is 24.3 Å². The van der Waals surface area contributed by atoms with Crippen molar-refractivity contribution < 1.29 is 8.42 Å². The van der Waals surface area contributed by atoms with E-state index in [4.69, 9.17) is 0 Å². The molecule has 2 aliphatic heterocycles. The van der Waals surface area contributed by atoms with Crippen molar-refractivity contribution in [2.24, 2.45) is 10.3 Å². The van der Waals surface area contributed by atoms with Crippen LogP contribution in [0.15, 0.2) is 39.5 Å². The molecule has 0 spiro atoms. The molecule has 6 nitrogen and oxygen atoms in total. The fraction of sp³-hybridized carbons (Fsp3) is 0.625. The monoisotopic (exact) mass is 336 g/mol. The normalized spacial score (nSPS) is 21.0. The van der Waals surface area contributed by atoms with Gasteiger partial charge in [-0.3, -0.25) is 5.01 Å². The van der Waals surface area contributed by atoms with E-state index in [0.29, 0.717) is 23.7 Å². The van der Waals surface area contributed by atoms with Crippen molar-refractivity contribution in [1.29, 1.82) is 0 Å². The van der Waals surface area contributed by atoms with Gasteiger partial charge in [0.15, 0.2) is 0 Å². The Morgan fingerprint density at radius 2 is 1.35 bits per heavy atom. The van der Waals surface area contributed by atoms with Gasteiger partial charge in [0.05, 0.1) is 10.6 Å². The van der Waals surface area contributed by atoms with Crippen LogP contribution >= 0.6 is 0 Å². The maximum absolute atomic E-state index is 12.6. The third-order valence-corrected chi connectivity index (χ3v) is 6.32. The lowest BCUT2D eigenvalue weighted by Crippen LogP contribution is -2.35. The number of piperidine rings is 2. The zero-order valence-electron chi connectivity index (χ0n) is 13.4. The second-order valence-corrected chi connectivity index (χ2v) is 8.10. The van der Waals surface area contributed by atoms with Gasteiger partial charge in [-0.05, 0) is 56.4 Å². The van der Waals surface area contributed by atoms with Crippen molar-refractivity contribution in [3.63, 3.8) is 0 Å². The van der Waals surface area contributed by atoms with E-state index in [0.717, 1.165) is 45.2 Å². The zero-order valence-corrected chi connectivity index (χ0v) is 14.2. The van der Waals surface area contributed by atoms with Crippen molar-refractivity contribution in [3.8, 4) is 0 Å². The molecular formula is C16H24N4O2S. The Morgan fingerprint density at radius 1 is 0.783 bits per heavy atom. The maximum Gasteiger partial charge on any atom is 0.243 e. The van der Waals surface area contributed by atoms with E-state index < -0.39 is 10.0 Å². The van der Waals surface area contributed by atoms with Gasteiger partial charge >= 0.3 is 0 Å². The molecule has 2 aliphatic rings. The van der Waals surface area contributed by atoms with E-state index in [1.54, 1.807) is 28.6 Å². The van der Waals surface area contributed by atoms with Crippen LogP contribution in [0.2, 0.25) is 0 Å². The Hall–Kier alpha value is -1.47. The first-order valence-electron chi connectivity index (χ1n) is 8.43. The molecule has 0 aromatic heterocycles. The van der Waals surface area contributed by atoms with E-state index >= 15 is 0 Å². The molecule has 0 atom stereocenters. The van der Waals surface area contributed by atoms with Gasteiger partial charge in [-0.2, -0.15) is 4.31 Å². The molecule has 1 aromatic carbocycles. The lowest BCUT2D eigenvalue weighted by molar-refractivity contribution is 0.224. The molecule has 0 bridgehead atoms. The van der Waals surface area contributed by atoms with Crippen LogP contribution in [-0.4, -0.2) is 43.9 Å². The standard InChI is InChI=1S/C16H24N4O2S/c21-23(22,20-13-5-2-6-14-20)16-9-7-15(8-10-16)17-18-19-11-3-1-4-12-19/h7-10H,1-6,11-14H2. The van der Waals surface area contributed by atoms with Gasteiger partial charge in [0.1, 0.15) is 0 Å². The van der Waals surface area contributed by atoms with E-state index in [2.05, 4.69) is 10.3 Å². The van der Waals surface area contributed by atoms with Gasteiger partial charge in [-0.1, -0.05) is 11.6 Å². The second-order valence-electron chi connectivity index (χ2n) is 6.16. The van der Waals surface area contributed by atoms with Gasteiger partial charge < -0.3 is 0 Å². The first kappa shape index (κ1) is 16.4. The summed E-state index contributed by atoms with van der Waals surface area (Å²) in [5, 5.41) is 10.4. The van der Waals surface area contributed by atoms with Crippen LogP contribution in [-0.2, 0) is 10.0 Å². The summed E-state index contributed by atoms with van der Waals surface area (Å²) < 4.78 is 26.7. The van der Waals surface area contributed by atoms with Crippen LogP contribution in [0.3, 0.4) is 0 Å². The predicted molar refractivity (Wildman–Crippen MR) is 89.0 cm³/mol. The smallest absolute Gasteiger partial charge is 0.243 e. The molecule has 0 radical (unpaired) electrons. The second kappa shape index (κ2) is 7.40. The Morgan fingerprint density at radius 3 is 1.96 bits per heavy atom. The topological polar surface area (TPSA) is 65.3 Å². The number of hydrogen-bond donors (Lipinski definition) is 0. The SMILES string of the molecule is O=S(=O)(c1ccc(N=NN2CCCCC2)cc1)N1CCCCC1. The first-order chi connectivity index (χ1) is 11.2. The molecule has 23 heavy (non-hydrogen) atoms. The summed E-state index contributed by atoms with van der Waals surface area (Å²) >= 11 is 0. The fourth-order valence-corrected chi connectivity index (χ4v) is 4.54. The minimum atomic E-state index is -3.36. The third kappa shape index (κ3) is 4.09. The van der Waals surface area contributed by atoms with E-state index in [-0.39, 0.29) is 0 Å². The van der Waals surface area contributed by atoms with Crippen molar-refractivity contribution in [2.45, 2.75) is 43.4 Å². The molecule has 126 valence electrons. The summed E-state index contributed by atoms with van der Waals surface area (Å²) in [6.45, 7) is 3.15. The molecule has 7 heteroatoms. The van der Waals surface area contributed by atoms with Gasteiger partial charge in [0.25, 0.3) is 0 Å². The van der Waals surface area contributed by atoms with Crippen LogP contribution in [0, 0.1) is 0 Å². The molecule has 2 heterocycles. The Kier molecular flexibility index (Phi) is 5.27. The quantitative estimate of drug-likeness (QED) is 0.792. The highest BCUT2D eigenvalue weighted by atomic mass is 32.2. The average molecular weight is 336 g/mol. The Balaban J connectivity index is 1.67. The summed E-state index contributed by atoms with van der Waals surface area (Å²) in [6.07, 6.45) is 6.58. The number of sulfonamides is 1. The summed E-state index contributed by atoms with van der Waals surface area (Å²) in [5.74, 6) is 0. The lowest BCUT2D eigenvalue weighted by Gasteiger charge is -2.25. The molecule has 0 aliphatic carbocycles. The molecular weight excluding hydrogens is 312 g/mol. The zero-order chi connectivity index (χ0) is 16.1. The number of rotatable bonds is 4. The van der Waals surface area contributed by atoms with Gasteiger partial charge in [-0.25, -0.2) is 8.42 Å². The van der Waals surface area contributed by atoms with Crippen LogP contribution in [0.5, 0.6) is 0 Å². The van der Waals surface area contributed by atoms with Crippen LogP contribution in [0.25, 0.3) is 0 Å². The average Bonchev–Trinajstić information content (AvgIpc) is 2.62. The van der Waals surface area contributed by atoms with Gasteiger partial charge in [0.2, 0.25) is 10.0 Å². The minimum Gasteiger partial charge on any atom is -0.278 e. The fourth-order valence-electron chi connectivity index (χ4n) is 3.02. The highest BCUT2D eigenvalue weighted by Gasteiger charge is 2.25. The predicted octanol–water partition coefficient (Wildman–Crippen LogP) is 3.35. The van der Waals surface area contributed by atoms with E-state index in [1.807, 2.05) is 5.01 Å². The van der Waals surface area contributed by atoms with Crippen LogP contribution in [0.4, 0.5) is 5.69 Å². The molecule has 2 fully saturated rings. The lowest BCUT2D eigenvalue weighted by atomic mass is 10.2. The van der Waals surface area contributed by atoms with E-state index in [1.165, 1.54) is 6.42 Å². The third-order valence-electron chi connectivity index (χ3n) is 4.41. The molecule has 1 aromatic rings. The first-order valence-corrected chi connectivity index (χ1v) is 9.87. The van der Waals surface area contributed by atoms with Gasteiger partial charge in [-0.15, -0.1) is 5.11 Å². The van der Waals surface area contributed by atoms with Crippen molar-refractivity contribution >= 4 is 15.7 Å². The molecule has 3 rings (SSSR count). The number of benzene rings is 1. The Labute approximate surface area is 138 Å². The molecule has 0 amide bonds. The van der Waals surface area contributed by atoms with Crippen LogP contribution in [0.1, 0.15) is 38.5 Å². The summed E-state index contributed by atoms with van der Waals surface area (Å²) in [5.41, 5.74) is 0.688. The highest BCUT2D eigenvalue weighted by molar-refractivity contribution is 7.89. The Bertz CT molecular complexity index is 631. The number of nitrogens with zero attached hydrogens (tertiary/aromatic N) is 4. The summed E-state index contributed by atoms with van der Waals surface area (Å²) in [4.78, 5) is 0.344. The number of hydrogen-bond acceptors (Lipinski definition) is 4. The van der Waals surface area contributed by atoms with Gasteiger partial charge in [0, 0.05) is 26.2 Å². The maximum atomic E-state index is 12.6. The highest BCUT2D eigenvalue weighted by Crippen LogP contribution is 2.23. The van der Waals surface area contributed by atoms with Crippen LogP contribution < -0.4 is 0 Å². The molecule has 0 unspecified atom stereocenters. The van der Waals surface area contributed by atoms with E-state index in [9.17, 15) is 8.42 Å². The minimum absolute atomic E-state index is 0.344. The van der Waals surface area contributed by atoms with Crippen molar-refractivity contribution in [1.82, 2.24) is 9.31 Å². The largest absolute Gasteiger partial charge is 0.278 e.